The molecule has 0 fully saturated rings. The molecule has 0 unspecified atom stereocenters. The van der Waals surface area contributed by atoms with Gasteiger partial charge in [0.15, 0.2) is 11.0 Å². The van der Waals surface area contributed by atoms with Crippen molar-refractivity contribution in [3.63, 3.8) is 0 Å². The Morgan fingerprint density at radius 2 is 1.76 bits per heavy atom. The van der Waals surface area contributed by atoms with Gasteiger partial charge in [-0.2, -0.15) is 4.57 Å². The van der Waals surface area contributed by atoms with Gasteiger partial charge in [0.05, 0.1) is 18.8 Å². The van der Waals surface area contributed by atoms with E-state index in [4.69, 9.17) is 0 Å². The molecule has 0 saturated heterocycles. The van der Waals surface area contributed by atoms with Gasteiger partial charge in [0.25, 0.3) is 5.82 Å². The van der Waals surface area contributed by atoms with Crippen LogP contribution in [0.15, 0.2) is 66.7 Å². The smallest absolute Gasteiger partial charge is 0.225 e. The summed E-state index contributed by atoms with van der Waals surface area (Å²) in [4.78, 5) is 0. The molecule has 0 spiro atoms. The third kappa shape index (κ3) is 1.94. The third-order valence-electron chi connectivity index (χ3n) is 5.26. The zero-order valence-electron chi connectivity index (χ0n) is 14.4. The first kappa shape index (κ1) is 14.2. The van der Waals surface area contributed by atoms with Gasteiger partial charge in [-0.25, -0.2) is 4.57 Å². The van der Waals surface area contributed by atoms with Crippen LogP contribution in [0, 0.1) is 6.92 Å². The van der Waals surface area contributed by atoms with Gasteiger partial charge in [0.1, 0.15) is 0 Å². The molecule has 2 nitrogen and oxygen atoms in total. The monoisotopic (exact) mass is 323 g/mol. The minimum Gasteiger partial charge on any atom is -0.225 e. The summed E-state index contributed by atoms with van der Waals surface area (Å²) in [6, 6.07) is 19.6. The number of allylic oxidation sites excluding steroid dienone is 2. The predicted octanol–water partition coefficient (Wildman–Crippen LogP) is 5.09. The molecule has 1 aliphatic heterocycles. The number of imidazole rings is 1. The third-order valence-corrected chi connectivity index (χ3v) is 5.26. The fourth-order valence-electron chi connectivity index (χ4n) is 4.02. The lowest BCUT2D eigenvalue weighted by atomic mass is 9.99. The lowest BCUT2D eigenvalue weighted by Gasteiger charge is -2.07. The van der Waals surface area contributed by atoms with Gasteiger partial charge in [0, 0.05) is 5.56 Å². The molecule has 5 rings (SSSR count). The molecule has 0 amide bonds. The quantitative estimate of drug-likeness (QED) is 0.431. The van der Waals surface area contributed by atoms with Crippen LogP contribution >= 0.6 is 0 Å². The number of hydrogen-bond donors (Lipinski definition) is 0. The van der Waals surface area contributed by atoms with Crippen LogP contribution in [0.1, 0.15) is 11.1 Å². The molecule has 0 radical (unpaired) electrons. The number of aryl methyl sites for hydroxylation is 2. The van der Waals surface area contributed by atoms with Crippen LogP contribution < -0.4 is 4.57 Å². The molecular formula is C23H19N2+. The van der Waals surface area contributed by atoms with E-state index in [0.717, 1.165) is 0 Å². The van der Waals surface area contributed by atoms with Crippen LogP contribution in [-0.4, -0.2) is 4.57 Å². The summed E-state index contributed by atoms with van der Waals surface area (Å²) in [6.45, 7) is 2.22. The van der Waals surface area contributed by atoms with Crippen LogP contribution in [0.2, 0.25) is 0 Å². The van der Waals surface area contributed by atoms with Crippen molar-refractivity contribution >= 4 is 34.1 Å². The van der Waals surface area contributed by atoms with Gasteiger partial charge < -0.3 is 0 Å². The summed E-state index contributed by atoms with van der Waals surface area (Å²) in [5.74, 6) is 1.21. The topological polar surface area (TPSA) is 8.81 Å². The number of fused-ring (bicyclic) bond motifs is 1. The second kappa shape index (κ2) is 5.18. The highest BCUT2D eigenvalue weighted by Crippen LogP contribution is 2.31. The zero-order valence-corrected chi connectivity index (χ0v) is 14.4. The van der Waals surface area contributed by atoms with E-state index >= 15 is 0 Å². The summed E-state index contributed by atoms with van der Waals surface area (Å²) in [5, 5.41) is 2.60. The maximum atomic E-state index is 2.32. The molecule has 1 aliphatic rings. The van der Waals surface area contributed by atoms with E-state index in [1.807, 2.05) is 0 Å². The Bertz CT molecular complexity index is 1210. The van der Waals surface area contributed by atoms with E-state index in [9.17, 15) is 0 Å². The van der Waals surface area contributed by atoms with Crippen LogP contribution in [0.5, 0.6) is 0 Å². The highest BCUT2D eigenvalue weighted by Gasteiger charge is 2.26. The zero-order chi connectivity index (χ0) is 17.0. The van der Waals surface area contributed by atoms with E-state index in [1.165, 1.54) is 44.3 Å². The highest BCUT2D eigenvalue weighted by molar-refractivity contribution is 5.92. The molecule has 0 bridgehead atoms. The predicted molar refractivity (Wildman–Crippen MR) is 105 cm³/mol. The van der Waals surface area contributed by atoms with Gasteiger partial charge in [-0.3, -0.25) is 0 Å². The molecule has 25 heavy (non-hydrogen) atoms. The Morgan fingerprint density at radius 1 is 0.880 bits per heavy atom. The van der Waals surface area contributed by atoms with Crippen molar-refractivity contribution in [3.8, 4) is 11.4 Å². The first-order valence-electron chi connectivity index (χ1n) is 8.62. The normalized spacial score (nSPS) is 12.9. The molecule has 4 aromatic rings. The molecule has 2 heteroatoms. The van der Waals surface area contributed by atoms with Gasteiger partial charge in [-0.05, 0) is 41.5 Å². The first-order chi connectivity index (χ1) is 12.3. The Hall–Kier alpha value is -3.13. The minimum atomic E-state index is 1.21. The molecule has 120 valence electrons. The van der Waals surface area contributed by atoms with E-state index in [2.05, 4.69) is 102 Å². The van der Waals surface area contributed by atoms with Crippen molar-refractivity contribution in [2.75, 3.05) is 0 Å². The summed E-state index contributed by atoms with van der Waals surface area (Å²) < 4.78 is 4.63. The van der Waals surface area contributed by atoms with E-state index in [-0.39, 0.29) is 0 Å². The Kier molecular flexibility index (Phi) is 2.95. The summed E-state index contributed by atoms with van der Waals surface area (Å²) >= 11 is 0. The molecule has 0 N–H and O–H groups in total. The molecule has 1 aromatic heterocycles. The fourth-order valence-corrected chi connectivity index (χ4v) is 4.02. The largest absolute Gasteiger partial charge is 0.294 e. The summed E-state index contributed by atoms with van der Waals surface area (Å²) in [6.07, 6.45) is 8.57. The standard InChI is InChI=1S/C23H19N2/c1-16-19-11-4-3-8-17(19)13-14-20(16)23-24(2)21-12-7-10-18-9-5-6-15-25(23)22(18)21/h3-15H,1-2H3/q+1. The van der Waals surface area contributed by atoms with Crippen LogP contribution in [-0.2, 0) is 7.05 Å². The number of nitrogens with zero attached hydrogens (tertiary/aromatic N) is 2. The maximum absolute atomic E-state index is 2.32. The SMILES string of the molecule is Cc1c(-c2n(C)c3cccc4c3[n+]2C=CC=C4)ccc2ccccc12. The van der Waals surface area contributed by atoms with Crippen molar-refractivity contribution in [3.05, 3.63) is 77.9 Å². The number of hydrogen-bond acceptors (Lipinski definition) is 0. The van der Waals surface area contributed by atoms with E-state index < -0.39 is 0 Å². The second-order valence-electron chi connectivity index (χ2n) is 6.63. The Morgan fingerprint density at radius 3 is 2.68 bits per heavy atom. The molecule has 3 aromatic carbocycles. The molecule has 0 saturated carbocycles. The average molecular weight is 323 g/mol. The van der Waals surface area contributed by atoms with E-state index in [1.54, 1.807) is 0 Å². The van der Waals surface area contributed by atoms with Crippen molar-refractivity contribution in [1.82, 2.24) is 4.57 Å². The number of rotatable bonds is 1. The second-order valence-corrected chi connectivity index (χ2v) is 6.63. The Labute approximate surface area is 147 Å². The van der Waals surface area contributed by atoms with Crippen molar-refractivity contribution < 1.29 is 4.57 Å². The van der Waals surface area contributed by atoms with Crippen molar-refractivity contribution in [2.24, 2.45) is 7.05 Å². The molecular weight excluding hydrogens is 304 g/mol. The van der Waals surface area contributed by atoms with Gasteiger partial charge in [0.2, 0.25) is 0 Å². The number of para-hydroxylation sites is 1. The van der Waals surface area contributed by atoms with Crippen LogP contribution in [0.4, 0.5) is 0 Å². The average Bonchev–Trinajstić information content (AvgIpc) is 2.79. The van der Waals surface area contributed by atoms with Gasteiger partial charge in [-0.1, -0.05) is 54.6 Å². The van der Waals surface area contributed by atoms with Gasteiger partial charge >= 0.3 is 0 Å². The Balaban J connectivity index is 1.93. The van der Waals surface area contributed by atoms with Crippen molar-refractivity contribution in [2.45, 2.75) is 6.92 Å². The summed E-state index contributed by atoms with van der Waals surface area (Å²) in [5.41, 5.74) is 6.35. The molecule has 0 aliphatic carbocycles. The summed E-state index contributed by atoms with van der Waals surface area (Å²) in [7, 11) is 2.16. The lowest BCUT2D eigenvalue weighted by Crippen LogP contribution is -2.28. The number of aromatic nitrogens is 2. The fraction of sp³-hybridized carbons (Fsp3) is 0.0870. The first-order valence-corrected chi connectivity index (χ1v) is 8.62. The van der Waals surface area contributed by atoms with Gasteiger partial charge in [-0.15, -0.1) is 0 Å². The van der Waals surface area contributed by atoms with Crippen LogP contribution in [0.25, 0.3) is 45.5 Å². The molecule has 0 atom stereocenters. The van der Waals surface area contributed by atoms with E-state index in [0.29, 0.717) is 0 Å². The minimum absolute atomic E-state index is 1.21. The lowest BCUT2D eigenvalue weighted by molar-refractivity contribution is -0.527. The highest BCUT2D eigenvalue weighted by atomic mass is 15.1. The van der Waals surface area contributed by atoms with Crippen LogP contribution in [0.3, 0.4) is 0 Å². The number of benzene rings is 3. The van der Waals surface area contributed by atoms with Crippen molar-refractivity contribution in [1.29, 1.82) is 0 Å². The molecule has 2 heterocycles. The maximum Gasteiger partial charge on any atom is 0.294 e.